The lowest BCUT2D eigenvalue weighted by Gasteiger charge is -2.23. The number of anilines is 2. The first-order valence-electron chi connectivity index (χ1n) is 10.3. The van der Waals surface area contributed by atoms with Gasteiger partial charge in [-0.05, 0) is 18.2 Å². The third kappa shape index (κ3) is 6.84. The van der Waals surface area contributed by atoms with Crippen molar-refractivity contribution in [2.75, 3.05) is 49.5 Å². The molecular weight excluding hydrogens is 435 g/mol. The molecule has 1 saturated heterocycles. The van der Waals surface area contributed by atoms with Gasteiger partial charge in [0.05, 0.1) is 38.1 Å². The number of halogens is 1. The van der Waals surface area contributed by atoms with Crippen LogP contribution in [0.15, 0.2) is 36.8 Å². The van der Waals surface area contributed by atoms with Gasteiger partial charge in [-0.2, -0.15) is 0 Å². The van der Waals surface area contributed by atoms with Crippen LogP contribution < -0.4 is 15.5 Å². The molecule has 1 aromatic carbocycles. The average molecular weight is 460 g/mol. The van der Waals surface area contributed by atoms with Crippen molar-refractivity contribution in [3.63, 3.8) is 0 Å². The smallest absolute Gasteiger partial charge is 0.297 e. The van der Waals surface area contributed by atoms with Gasteiger partial charge in [-0.3, -0.25) is 24.2 Å². The molecule has 176 valence electrons. The molecule has 1 aliphatic rings. The second-order valence-electron chi connectivity index (χ2n) is 7.16. The molecule has 1 fully saturated rings. The molecule has 2 aromatic rings. The lowest BCUT2D eigenvalue weighted by atomic mass is 10.2. The predicted molar refractivity (Wildman–Crippen MR) is 116 cm³/mol. The second-order valence-corrected chi connectivity index (χ2v) is 7.16. The molecule has 33 heavy (non-hydrogen) atoms. The minimum absolute atomic E-state index is 0.138. The zero-order valence-electron chi connectivity index (χ0n) is 18.1. The maximum absolute atomic E-state index is 14.8. The number of aromatic nitrogens is 2. The van der Waals surface area contributed by atoms with Gasteiger partial charge in [-0.1, -0.05) is 0 Å². The molecule has 0 unspecified atom stereocenters. The summed E-state index contributed by atoms with van der Waals surface area (Å²) in [5.41, 5.74) is 1.03. The van der Waals surface area contributed by atoms with Gasteiger partial charge in [0.2, 0.25) is 5.91 Å². The van der Waals surface area contributed by atoms with Gasteiger partial charge in [-0.25, -0.2) is 14.4 Å². The minimum atomic E-state index is -0.602. The van der Waals surface area contributed by atoms with Crippen LogP contribution in [0.1, 0.15) is 17.4 Å². The van der Waals surface area contributed by atoms with Gasteiger partial charge < -0.3 is 20.3 Å². The number of hydrogen-bond donors (Lipinski definition) is 2. The van der Waals surface area contributed by atoms with Gasteiger partial charge >= 0.3 is 0 Å². The number of nitrogens with one attached hydrogen (secondary N) is 2. The lowest BCUT2D eigenvalue weighted by molar-refractivity contribution is -0.133. The molecule has 1 atom stereocenters. The van der Waals surface area contributed by atoms with Crippen LogP contribution in [0.2, 0.25) is 0 Å². The van der Waals surface area contributed by atoms with E-state index in [1.54, 1.807) is 17.0 Å². The van der Waals surface area contributed by atoms with Crippen molar-refractivity contribution >= 4 is 29.7 Å². The van der Waals surface area contributed by atoms with Crippen molar-refractivity contribution in [3.05, 3.63) is 48.3 Å². The molecule has 11 nitrogen and oxygen atoms in total. The summed E-state index contributed by atoms with van der Waals surface area (Å²) in [6.45, 7) is 3.16. The molecule has 0 aliphatic carbocycles. The van der Waals surface area contributed by atoms with Crippen LogP contribution in [0, 0.1) is 5.82 Å². The number of rotatable bonds is 9. The van der Waals surface area contributed by atoms with Gasteiger partial charge in [0.1, 0.15) is 17.6 Å². The van der Waals surface area contributed by atoms with E-state index in [2.05, 4.69) is 20.6 Å². The zero-order valence-corrected chi connectivity index (χ0v) is 18.1. The van der Waals surface area contributed by atoms with E-state index in [9.17, 15) is 18.8 Å². The Bertz CT molecular complexity index is 963. The number of nitrogens with zero attached hydrogens (tertiary/aromatic N) is 4. The summed E-state index contributed by atoms with van der Waals surface area (Å²) in [5, 5.41) is 6.77. The Kier molecular flexibility index (Phi) is 8.47. The Balaban J connectivity index is 1.58. The van der Waals surface area contributed by atoms with Crippen molar-refractivity contribution in [3.8, 4) is 0 Å². The Labute approximate surface area is 189 Å². The van der Waals surface area contributed by atoms with Gasteiger partial charge in [0, 0.05) is 38.1 Å². The molecule has 0 spiro atoms. The molecule has 2 heterocycles. The Morgan fingerprint density at radius 3 is 2.82 bits per heavy atom. The number of benzene rings is 1. The molecule has 12 heteroatoms. The van der Waals surface area contributed by atoms with Gasteiger partial charge in [0.25, 0.3) is 12.4 Å². The summed E-state index contributed by atoms with van der Waals surface area (Å²) in [6, 6.07) is 4.66. The van der Waals surface area contributed by atoms with Crippen LogP contribution >= 0.6 is 0 Å². The third-order valence-corrected chi connectivity index (χ3v) is 4.84. The fraction of sp³-hybridized carbons (Fsp3) is 0.381. The van der Waals surface area contributed by atoms with Crippen molar-refractivity contribution in [1.82, 2.24) is 20.3 Å². The number of amides is 2. The van der Waals surface area contributed by atoms with Crippen LogP contribution in [0.5, 0.6) is 0 Å². The van der Waals surface area contributed by atoms with Crippen LogP contribution in [-0.4, -0.2) is 78.8 Å². The molecule has 0 radical (unpaired) electrons. The molecule has 0 saturated carbocycles. The highest BCUT2D eigenvalue weighted by atomic mass is 19.1. The van der Waals surface area contributed by atoms with Crippen LogP contribution in [-0.2, 0) is 19.2 Å². The number of carbonyl (C=O) groups is 3. The maximum atomic E-state index is 14.8. The zero-order chi connectivity index (χ0) is 23.6. The van der Waals surface area contributed by atoms with E-state index in [-0.39, 0.29) is 37.8 Å². The van der Waals surface area contributed by atoms with Crippen LogP contribution in [0.4, 0.5) is 15.8 Å². The van der Waals surface area contributed by atoms with E-state index in [1.165, 1.54) is 36.6 Å². The number of ether oxygens (including phenoxy) is 1. The largest absolute Gasteiger partial charge is 0.461 e. The molecule has 1 aliphatic heterocycles. The molecule has 2 N–H and O–H groups in total. The van der Waals surface area contributed by atoms with Crippen molar-refractivity contribution in [2.45, 2.75) is 13.0 Å². The van der Waals surface area contributed by atoms with E-state index >= 15 is 0 Å². The third-order valence-electron chi connectivity index (χ3n) is 4.84. The SMILES string of the molecule is CC(=O)NC[C@@H](CNc1ccc(N2CCON(C(=O)c3cnccn3)CC2)c(F)c1)OC=O. The molecular formula is C21H25FN6O5. The second kappa shape index (κ2) is 11.7. The highest BCUT2D eigenvalue weighted by molar-refractivity contribution is 5.91. The first-order valence-corrected chi connectivity index (χ1v) is 10.3. The summed E-state index contributed by atoms with van der Waals surface area (Å²) in [5.74, 6) is -1.11. The van der Waals surface area contributed by atoms with E-state index in [1.807, 2.05) is 0 Å². The summed E-state index contributed by atoms with van der Waals surface area (Å²) < 4.78 is 19.8. The van der Waals surface area contributed by atoms with E-state index in [4.69, 9.17) is 9.57 Å². The highest BCUT2D eigenvalue weighted by Crippen LogP contribution is 2.24. The minimum Gasteiger partial charge on any atom is -0.461 e. The monoisotopic (exact) mass is 460 g/mol. The summed E-state index contributed by atoms with van der Waals surface area (Å²) in [4.78, 5) is 49.4. The van der Waals surface area contributed by atoms with Crippen molar-refractivity contribution in [2.24, 2.45) is 0 Å². The standard InChI is InChI=1S/C21H25FN6O5/c1-15(30)25-11-17(32-14-29)12-26-16-2-3-20(18(22)10-16)27-6-7-28(33-9-8-27)21(31)19-13-23-4-5-24-19/h2-5,10,13-14,17,26H,6-9,11-12H2,1H3,(H,25,30)/t17-/m0/s1. The molecule has 1 aromatic heterocycles. The van der Waals surface area contributed by atoms with Crippen LogP contribution in [0.3, 0.4) is 0 Å². The van der Waals surface area contributed by atoms with Gasteiger partial charge in [-0.15, -0.1) is 0 Å². The molecule has 0 bridgehead atoms. The van der Waals surface area contributed by atoms with Crippen molar-refractivity contribution < 1.29 is 28.3 Å². The Hall–Kier alpha value is -3.80. The van der Waals surface area contributed by atoms with E-state index in [0.717, 1.165) is 0 Å². The first kappa shape index (κ1) is 23.9. The van der Waals surface area contributed by atoms with Gasteiger partial charge in [0.15, 0.2) is 0 Å². The number of hydrogen-bond acceptors (Lipinski definition) is 9. The Morgan fingerprint density at radius 1 is 1.27 bits per heavy atom. The summed E-state index contributed by atoms with van der Waals surface area (Å²) in [7, 11) is 0. The molecule has 3 rings (SSSR count). The van der Waals surface area contributed by atoms with Crippen LogP contribution in [0.25, 0.3) is 0 Å². The average Bonchev–Trinajstić information content (AvgIpc) is 3.07. The maximum Gasteiger partial charge on any atom is 0.297 e. The fourth-order valence-electron chi connectivity index (χ4n) is 3.20. The highest BCUT2D eigenvalue weighted by Gasteiger charge is 2.24. The fourth-order valence-corrected chi connectivity index (χ4v) is 3.20. The summed E-state index contributed by atoms with van der Waals surface area (Å²) in [6.07, 6.45) is 3.66. The number of carbonyl (C=O) groups excluding carboxylic acids is 3. The first-order chi connectivity index (χ1) is 16.0. The van der Waals surface area contributed by atoms with E-state index in [0.29, 0.717) is 30.9 Å². The quantitative estimate of drug-likeness (QED) is 0.517. The van der Waals surface area contributed by atoms with Crippen molar-refractivity contribution in [1.29, 1.82) is 0 Å². The topological polar surface area (TPSA) is 126 Å². The summed E-state index contributed by atoms with van der Waals surface area (Å²) >= 11 is 0. The number of hydroxylamine groups is 2. The predicted octanol–water partition coefficient (Wildman–Crippen LogP) is 0.599. The normalized spacial score (nSPS) is 14.7. The molecule has 2 amide bonds. The van der Waals surface area contributed by atoms with E-state index < -0.39 is 17.8 Å². The lowest BCUT2D eigenvalue weighted by Crippen LogP contribution is -2.36. The Morgan fingerprint density at radius 2 is 2.12 bits per heavy atom.